The molecule has 1 heterocycles. The highest BCUT2D eigenvalue weighted by atomic mass is 16.2. The first-order valence-corrected chi connectivity index (χ1v) is 7.82. The molecule has 1 aliphatic carbocycles. The molecule has 2 N–H and O–H groups in total. The summed E-state index contributed by atoms with van der Waals surface area (Å²) in [6, 6.07) is 11.7. The summed E-state index contributed by atoms with van der Waals surface area (Å²) in [5.41, 5.74) is 4.04. The SMILES string of the molecule is CC(NC(=O)Nc1ccccn1)c1ccc2c(c1)CCCC2. The molecule has 2 aromatic rings. The number of nitrogens with zero attached hydrogens (tertiary/aromatic N) is 1. The highest BCUT2D eigenvalue weighted by Crippen LogP contribution is 2.24. The molecule has 0 saturated carbocycles. The Morgan fingerprint density at radius 1 is 1.14 bits per heavy atom. The maximum absolute atomic E-state index is 12.0. The number of anilines is 1. The first-order valence-electron chi connectivity index (χ1n) is 7.82. The van der Waals surface area contributed by atoms with E-state index in [4.69, 9.17) is 0 Å². The lowest BCUT2D eigenvalue weighted by molar-refractivity contribution is 0.249. The number of fused-ring (bicyclic) bond motifs is 1. The second kappa shape index (κ2) is 6.60. The zero-order valence-corrected chi connectivity index (χ0v) is 12.8. The van der Waals surface area contributed by atoms with E-state index in [1.54, 1.807) is 12.3 Å². The zero-order chi connectivity index (χ0) is 15.4. The van der Waals surface area contributed by atoms with Crippen LogP contribution in [0, 0.1) is 0 Å². The molecule has 1 unspecified atom stereocenters. The Hall–Kier alpha value is -2.36. The van der Waals surface area contributed by atoms with Gasteiger partial charge in [-0.15, -0.1) is 0 Å². The van der Waals surface area contributed by atoms with Gasteiger partial charge in [0, 0.05) is 6.20 Å². The predicted octanol–water partition coefficient (Wildman–Crippen LogP) is 3.84. The highest BCUT2D eigenvalue weighted by molar-refractivity contribution is 5.88. The van der Waals surface area contributed by atoms with Crippen molar-refractivity contribution in [2.75, 3.05) is 5.32 Å². The van der Waals surface area contributed by atoms with Crippen LogP contribution in [0.3, 0.4) is 0 Å². The number of carbonyl (C=O) groups excluding carboxylic acids is 1. The van der Waals surface area contributed by atoms with Crippen LogP contribution in [0.15, 0.2) is 42.6 Å². The molecule has 1 aromatic carbocycles. The van der Waals surface area contributed by atoms with Crippen molar-refractivity contribution in [1.82, 2.24) is 10.3 Å². The summed E-state index contributed by atoms with van der Waals surface area (Å²) < 4.78 is 0. The van der Waals surface area contributed by atoms with Crippen LogP contribution in [0.5, 0.6) is 0 Å². The minimum Gasteiger partial charge on any atom is -0.331 e. The minimum atomic E-state index is -0.232. The normalized spacial score (nSPS) is 14.8. The Morgan fingerprint density at radius 2 is 1.95 bits per heavy atom. The summed E-state index contributed by atoms with van der Waals surface area (Å²) in [7, 11) is 0. The molecule has 4 nitrogen and oxygen atoms in total. The number of rotatable bonds is 3. The molecule has 2 amide bonds. The van der Waals surface area contributed by atoms with Gasteiger partial charge in [0.2, 0.25) is 0 Å². The first-order chi connectivity index (χ1) is 10.7. The molecule has 3 rings (SSSR count). The van der Waals surface area contributed by atoms with Crippen molar-refractivity contribution < 1.29 is 4.79 Å². The number of aromatic nitrogens is 1. The predicted molar refractivity (Wildman–Crippen MR) is 87.9 cm³/mol. The summed E-state index contributed by atoms with van der Waals surface area (Å²) >= 11 is 0. The monoisotopic (exact) mass is 295 g/mol. The summed E-state index contributed by atoms with van der Waals surface area (Å²) in [5.74, 6) is 0.553. The molecule has 0 fully saturated rings. The van der Waals surface area contributed by atoms with Crippen molar-refractivity contribution in [1.29, 1.82) is 0 Å². The fourth-order valence-corrected chi connectivity index (χ4v) is 2.89. The van der Waals surface area contributed by atoms with Gasteiger partial charge in [-0.25, -0.2) is 9.78 Å². The number of pyridine rings is 1. The van der Waals surface area contributed by atoms with Crippen molar-refractivity contribution in [2.24, 2.45) is 0 Å². The number of nitrogens with one attached hydrogen (secondary N) is 2. The van der Waals surface area contributed by atoms with E-state index in [-0.39, 0.29) is 12.1 Å². The van der Waals surface area contributed by atoms with Crippen LogP contribution >= 0.6 is 0 Å². The third kappa shape index (κ3) is 3.45. The first kappa shape index (κ1) is 14.6. The van der Waals surface area contributed by atoms with Gasteiger partial charge < -0.3 is 5.32 Å². The lowest BCUT2D eigenvalue weighted by Gasteiger charge is -2.20. The van der Waals surface area contributed by atoms with E-state index in [0.29, 0.717) is 5.82 Å². The quantitative estimate of drug-likeness (QED) is 0.904. The Labute approximate surface area is 131 Å². The van der Waals surface area contributed by atoms with E-state index in [1.165, 1.54) is 30.4 Å². The van der Waals surface area contributed by atoms with Crippen molar-refractivity contribution in [3.8, 4) is 0 Å². The third-order valence-electron chi connectivity index (χ3n) is 4.13. The van der Waals surface area contributed by atoms with Gasteiger partial charge in [-0.3, -0.25) is 5.32 Å². The van der Waals surface area contributed by atoms with Crippen LogP contribution in [0.4, 0.5) is 10.6 Å². The van der Waals surface area contributed by atoms with Gasteiger partial charge in [0.05, 0.1) is 6.04 Å². The Morgan fingerprint density at radius 3 is 2.73 bits per heavy atom. The van der Waals surface area contributed by atoms with Crippen molar-refractivity contribution in [3.05, 3.63) is 59.3 Å². The number of aryl methyl sites for hydroxylation is 2. The molecule has 1 atom stereocenters. The van der Waals surface area contributed by atoms with Gasteiger partial charge in [-0.1, -0.05) is 24.3 Å². The van der Waals surface area contributed by atoms with Gasteiger partial charge in [0.25, 0.3) is 0 Å². The number of urea groups is 1. The fourth-order valence-electron chi connectivity index (χ4n) is 2.89. The second-order valence-corrected chi connectivity index (χ2v) is 5.77. The van der Waals surface area contributed by atoms with Gasteiger partial charge in [-0.2, -0.15) is 0 Å². The maximum atomic E-state index is 12.0. The topological polar surface area (TPSA) is 54.0 Å². The van der Waals surface area contributed by atoms with Crippen LogP contribution < -0.4 is 10.6 Å². The summed E-state index contributed by atoms with van der Waals surface area (Å²) in [6.07, 6.45) is 6.53. The smallest absolute Gasteiger partial charge is 0.320 e. The molecule has 1 aliphatic rings. The number of amides is 2. The largest absolute Gasteiger partial charge is 0.331 e. The average Bonchev–Trinajstić information content (AvgIpc) is 2.55. The van der Waals surface area contributed by atoms with Crippen LogP contribution in [0.2, 0.25) is 0 Å². The minimum absolute atomic E-state index is 0.0315. The number of carbonyl (C=O) groups is 1. The molecule has 0 radical (unpaired) electrons. The molecule has 114 valence electrons. The molecule has 0 aliphatic heterocycles. The molecular formula is C18H21N3O. The van der Waals surface area contributed by atoms with Crippen molar-refractivity contribution in [2.45, 2.75) is 38.6 Å². The van der Waals surface area contributed by atoms with Gasteiger partial charge in [0.15, 0.2) is 0 Å². The zero-order valence-electron chi connectivity index (χ0n) is 12.8. The molecule has 4 heteroatoms. The molecule has 0 spiro atoms. The molecule has 0 saturated heterocycles. The molecule has 0 bridgehead atoms. The van der Waals surface area contributed by atoms with Crippen LogP contribution in [-0.2, 0) is 12.8 Å². The van der Waals surface area contributed by atoms with E-state index in [2.05, 4.69) is 33.8 Å². The van der Waals surface area contributed by atoms with E-state index in [1.807, 2.05) is 19.1 Å². The Kier molecular flexibility index (Phi) is 4.37. The fraction of sp³-hybridized carbons (Fsp3) is 0.333. The van der Waals surface area contributed by atoms with Crippen molar-refractivity contribution >= 4 is 11.8 Å². The maximum Gasteiger partial charge on any atom is 0.320 e. The van der Waals surface area contributed by atoms with Crippen LogP contribution in [-0.4, -0.2) is 11.0 Å². The summed E-state index contributed by atoms with van der Waals surface area (Å²) in [6.45, 7) is 2.00. The number of hydrogen-bond donors (Lipinski definition) is 2. The van der Waals surface area contributed by atoms with Gasteiger partial charge in [0.1, 0.15) is 5.82 Å². The van der Waals surface area contributed by atoms with Gasteiger partial charge in [-0.05, 0) is 61.4 Å². The number of hydrogen-bond acceptors (Lipinski definition) is 2. The summed E-state index contributed by atoms with van der Waals surface area (Å²) in [4.78, 5) is 16.1. The highest BCUT2D eigenvalue weighted by Gasteiger charge is 2.14. The molecule has 1 aromatic heterocycles. The Balaban J connectivity index is 1.64. The molecular weight excluding hydrogens is 274 g/mol. The summed E-state index contributed by atoms with van der Waals surface area (Å²) in [5, 5.41) is 5.71. The second-order valence-electron chi connectivity index (χ2n) is 5.77. The lowest BCUT2D eigenvalue weighted by atomic mass is 9.89. The van der Waals surface area contributed by atoms with E-state index >= 15 is 0 Å². The standard InChI is InChI=1S/C18H21N3O/c1-13(20-18(22)21-17-8-4-5-11-19-17)15-10-9-14-6-2-3-7-16(14)12-15/h4-5,8-13H,2-3,6-7H2,1H3,(H2,19,20,21,22). The van der Waals surface area contributed by atoms with Gasteiger partial charge >= 0.3 is 6.03 Å². The van der Waals surface area contributed by atoms with Crippen molar-refractivity contribution in [3.63, 3.8) is 0 Å². The molecule has 22 heavy (non-hydrogen) atoms. The van der Waals surface area contributed by atoms with E-state index in [0.717, 1.165) is 12.0 Å². The van der Waals surface area contributed by atoms with E-state index in [9.17, 15) is 4.79 Å². The average molecular weight is 295 g/mol. The number of benzene rings is 1. The van der Waals surface area contributed by atoms with Crippen LogP contribution in [0.25, 0.3) is 0 Å². The van der Waals surface area contributed by atoms with Crippen LogP contribution in [0.1, 0.15) is 42.5 Å². The van der Waals surface area contributed by atoms with E-state index < -0.39 is 0 Å². The lowest BCUT2D eigenvalue weighted by Crippen LogP contribution is -2.31. The Bertz CT molecular complexity index is 655. The third-order valence-corrected chi connectivity index (χ3v) is 4.13.